The van der Waals surface area contributed by atoms with E-state index >= 15 is 0 Å². The summed E-state index contributed by atoms with van der Waals surface area (Å²) in [6.07, 6.45) is 13.6. The summed E-state index contributed by atoms with van der Waals surface area (Å²) in [7, 11) is 0. The molecule has 1 fully saturated rings. The molecule has 2 aliphatic carbocycles. The molecule has 0 bridgehead atoms. The standard InChI is InChI=1S/C20H31N/c1-2-13-21-16-20(11-4-3-5-12-20)15-17-9-10-18-7-6-8-19(18)14-17/h9-10,14,21H,2-8,11-13,15-16H2,1H3. The minimum atomic E-state index is 0.528. The van der Waals surface area contributed by atoms with Gasteiger partial charge in [0.1, 0.15) is 0 Å². The molecule has 1 aromatic carbocycles. The summed E-state index contributed by atoms with van der Waals surface area (Å²) < 4.78 is 0. The molecular formula is C20H31N. The van der Waals surface area contributed by atoms with Crippen molar-refractivity contribution in [3.63, 3.8) is 0 Å². The summed E-state index contributed by atoms with van der Waals surface area (Å²) >= 11 is 0. The van der Waals surface area contributed by atoms with Gasteiger partial charge in [0.25, 0.3) is 0 Å². The molecule has 0 radical (unpaired) electrons. The zero-order chi connectivity index (χ0) is 14.5. The predicted molar refractivity (Wildman–Crippen MR) is 90.8 cm³/mol. The van der Waals surface area contributed by atoms with Crippen LogP contribution < -0.4 is 5.32 Å². The van der Waals surface area contributed by atoms with Gasteiger partial charge in [-0.25, -0.2) is 0 Å². The van der Waals surface area contributed by atoms with Crippen LogP contribution in [0.2, 0.25) is 0 Å². The van der Waals surface area contributed by atoms with Crippen LogP contribution in [0.5, 0.6) is 0 Å². The molecule has 0 atom stereocenters. The molecule has 1 heteroatoms. The predicted octanol–water partition coefficient (Wildman–Crippen LogP) is 4.67. The quantitative estimate of drug-likeness (QED) is 0.749. The summed E-state index contributed by atoms with van der Waals surface area (Å²) in [5, 5.41) is 3.72. The van der Waals surface area contributed by atoms with Crippen LogP contribution in [-0.4, -0.2) is 13.1 Å². The second kappa shape index (κ2) is 6.96. The third-order valence-electron chi connectivity index (χ3n) is 5.58. The molecule has 1 saturated carbocycles. The Hall–Kier alpha value is -0.820. The van der Waals surface area contributed by atoms with Gasteiger partial charge >= 0.3 is 0 Å². The highest BCUT2D eigenvalue weighted by Crippen LogP contribution is 2.39. The fraction of sp³-hybridized carbons (Fsp3) is 0.700. The summed E-state index contributed by atoms with van der Waals surface area (Å²) in [6, 6.07) is 7.35. The molecule has 116 valence electrons. The molecule has 0 aliphatic heterocycles. The smallest absolute Gasteiger partial charge is 0.00110 e. The van der Waals surface area contributed by atoms with Crippen molar-refractivity contribution in [3.05, 3.63) is 34.9 Å². The molecule has 3 rings (SSSR count). The maximum Gasteiger partial charge on any atom is 0.00110 e. The molecule has 0 aromatic heterocycles. The lowest BCUT2D eigenvalue weighted by molar-refractivity contribution is 0.181. The van der Waals surface area contributed by atoms with Crippen molar-refractivity contribution in [2.24, 2.45) is 5.41 Å². The monoisotopic (exact) mass is 285 g/mol. The van der Waals surface area contributed by atoms with Crippen LogP contribution in [0, 0.1) is 5.41 Å². The van der Waals surface area contributed by atoms with Crippen LogP contribution in [0.1, 0.15) is 68.6 Å². The Balaban J connectivity index is 1.71. The lowest BCUT2D eigenvalue weighted by Gasteiger charge is -2.38. The molecule has 1 nitrogen and oxygen atoms in total. The number of hydrogen-bond acceptors (Lipinski definition) is 1. The van der Waals surface area contributed by atoms with Gasteiger partial charge in [-0.15, -0.1) is 0 Å². The van der Waals surface area contributed by atoms with E-state index in [0.29, 0.717) is 5.41 Å². The first-order chi connectivity index (χ1) is 10.3. The van der Waals surface area contributed by atoms with Gasteiger partial charge in [0.05, 0.1) is 0 Å². The molecule has 0 heterocycles. The summed E-state index contributed by atoms with van der Waals surface area (Å²) in [5.41, 5.74) is 5.37. The molecule has 0 spiro atoms. The fourth-order valence-electron chi connectivity index (χ4n) is 4.42. The van der Waals surface area contributed by atoms with Crippen LogP contribution in [0.25, 0.3) is 0 Å². The van der Waals surface area contributed by atoms with Crippen molar-refractivity contribution >= 4 is 0 Å². The van der Waals surface area contributed by atoms with Gasteiger partial charge in [0, 0.05) is 6.54 Å². The molecule has 1 N–H and O–H groups in total. The molecule has 1 aromatic rings. The Morgan fingerprint density at radius 3 is 2.62 bits per heavy atom. The van der Waals surface area contributed by atoms with Crippen molar-refractivity contribution in [2.45, 2.75) is 71.1 Å². The zero-order valence-corrected chi connectivity index (χ0v) is 13.7. The van der Waals surface area contributed by atoms with Crippen LogP contribution in [0.4, 0.5) is 0 Å². The number of benzene rings is 1. The minimum Gasteiger partial charge on any atom is -0.316 e. The van der Waals surface area contributed by atoms with Gasteiger partial charge in [-0.1, -0.05) is 44.4 Å². The Labute approximate surface area is 130 Å². The molecule has 21 heavy (non-hydrogen) atoms. The van der Waals surface area contributed by atoms with Gasteiger partial charge < -0.3 is 5.32 Å². The second-order valence-electron chi connectivity index (χ2n) is 7.37. The average molecular weight is 285 g/mol. The van der Waals surface area contributed by atoms with Gasteiger partial charge in [0.2, 0.25) is 0 Å². The highest BCUT2D eigenvalue weighted by atomic mass is 14.9. The highest BCUT2D eigenvalue weighted by molar-refractivity contribution is 5.35. The van der Waals surface area contributed by atoms with Crippen molar-refractivity contribution in [1.29, 1.82) is 0 Å². The van der Waals surface area contributed by atoms with Crippen molar-refractivity contribution < 1.29 is 0 Å². The van der Waals surface area contributed by atoms with E-state index in [1.807, 2.05) is 0 Å². The number of fused-ring (bicyclic) bond motifs is 1. The zero-order valence-electron chi connectivity index (χ0n) is 13.7. The van der Waals surface area contributed by atoms with E-state index in [-0.39, 0.29) is 0 Å². The van der Waals surface area contributed by atoms with E-state index in [1.165, 1.54) is 77.3 Å². The third-order valence-corrected chi connectivity index (χ3v) is 5.58. The third kappa shape index (κ3) is 3.69. The van der Waals surface area contributed by atoms with Crippen molar-refractivity contribution in [1.82, 2.24) is 5.32 Å². The van der Waals surface area contributed by atoms with Gasteiger partial charge in [-0.3, -0.25) is 0 Å². The van der Waals surface area contributed by atoms with Crippen LogP contribution >= 0.6 is 0 Å². The minimum absolute atomic E-state index is 0.528. The lowest BCUT2D eigenvalue weighted by Crippen LogP contribution is -2.38. The first-order valence-corrected chi connectivity index (χ1v) is 9.13. The van der Waals surface area contributed by atoms with E-state index in [2.05, 4.69) is 30.4 Å². The maximum atomic E-state index is 3.72. The van der Waals surface area contributed by atoms with E-state index in [4.69, 9.17) is 0 Å². The highest BCUT2D eigenvalue weighted by Gasteiger charge is 2.32. The number of hydrogen-bond donors (Lipinski definition) is 1. The van der Waals surface area contributed by atoms with E-state index < -0.39 is 0 Å². The molecule has 2 aliphatic rings. The van der Waals surface area contributed by atoms with Gasteiger partial charge in [-0.2, -0.15) is 0 Å². The SMILES string of the molecule is CCCNCC1(Cc2ccc3c(c2)CCC3)CCCCC1. The lowest BCUT2D eigenvalue weighted by atomic mass is 9.70. The maximum absolute atomic E-state index is 3.72. The Bertz CT molecular complexity index is 457. The second-order valence-corrected chi connectivity index (χ2v) is 7.37. The number of nitrogens with one attached hydrogen (secondary N) is 1. The molecule has 0 saturated heterocycles. The average Bonchev–Trinajstić information content (AvgIpc) is 2.96. The largest absolute Gasteiger partial charge is 0.316 e. The van der Waals surface area contributed by atoms with Crippen molar-refractivity contribution in [3.8, 4) is 0 Å². The van der Waals surface area contributed by atoms with Crippen molar-refractivity contribution in [2.75, 3.05) is 13.1 Å². The van der Waals surface area contributed by atoms with Gasteiger partial charge in [-0.05, 0) is 73.6 Å². The van der Waals surface area contributed by atoms with Crippen LogP contribution in [0.3, 0.4) is 0 Å². The normalized spacial score (nSPS) is 20.4. The Morgan fingerprint density at radius 2 is 1.81 bits per heavy atom. The Kier molecular flexibility index (Phi) is 5.00. The Morgan fingerprint density at radius 1 is 1.00 bits per heavy atom. The van der Waals surface area contributed by atoms with E-state index in [1.54, 1.807) is 16.7 Å². The molecule has 0 amide bonds. The first-order valence-electron chi connectivity index (χ1n) is 9.13. The summed E-state index contributed by atoms with van der Waals surface area (Å²) in [6.45, 7) is 4.66. The van der Waals surface area contributed by atoms with E-state index in [9.17, 15) is 0 Å². The van der Waals surface area contributed by atoms with E-state index in [0.717, 1.165) is 0 Å². The first kappa shape index (κ1) is 15.1. The summed E-state index contributed by atoms with van der Waals surface area (Å²) in [5.74, 6) is 0. The number of rotatable bonds is 6. The van der Waals surface area contributed by atoms with Gasteiger partial charge in [0.15, 0.2) is 0 Å². The molecular weight excluding hydrogens is 254 g/mol. The summed E-state index contributed by atoms with van der Waals surface area (Å²) in [4.78, 5) is 0. The topological polar surface area (TPSA) is 12.0 Å². The fourth-order valence-corrected chi connectivity index (χ4v) is 4.42. The molecule has 0 unspecified atom stereocenters. The van der Waals surface area contributed by atoms with Crippen LogP contribution in [-0.2, 0) is 19.3 Å². The van der Waals surface area contributed by atoms with Crippen LogP contribution in [0.15, 0.2) is 18.2 Å². The number of aryl methyl sites for hydroxylation is 2.